The second kappa shape index (κ2) is 10.5. The minimum Gasteiger partial charge on any atom is -0.393 e. The largest absolute Gasteiger partial charge is 0.393 e. The van der Waals surface area contributed by atoms with E-state index in [2.05, 4.69) is 6.92 Å². The molecule has 3 heteroatoms. The molecule has 0 saturated carbocycles. The van der Waals surface area contributed by atoms with Gasteiger partial charge in [-0.15, -0.1) is 0 Å². The van der Waals surface area contributed by atoms with Crippen molar-refractivity contribution >= 4 is 23.2 Å². The highest BCUT2D eigenvalue weighted by Gasteiger charge is 2.09. The van der Waals surface area contributed by atoms with Gasteiger partial charge in [0.1, 0.15) is 0 Å². The highest BCUT2D eigenvalue weighted by atomic mass is 35.5. The third-order valence-corrected chi connectivity index (χ3v) is 4.21. The third-order valence-electron chi connectivity index (χ3n) is 3.60. The van der Waals surface area contributed by atoms with Crippen LogP contribution in [-0.2, 0) is 6.42 Å². The number of rotatable bonds is 10. The van der Waals surface area contributed by atoms with Crippen molar-refractivity contribution < 1.29 is 5.11 Å². The molecular weight excluding hydrogens is 291 g/mol. The fraction of sp³-hybridized carbons (Fsp3) is 0.647. The van der Waals surface area contributed by atoms with Gasteiger partial charge in [0, 0.05) is 10.0 Å². The maximum atomic E-state index is 10.1. The monoisotopic (exact) mass is 316 g/mol. The summed E-state index contributed by atoms with van der Waals surface area (Å²) in [7, 11) is 0. The Labute approximate surface area is 133 Å². The summed E-state index contributed by atoms with van der Waals surface area (Å²) in [5.74, 6) is 0. The zero-order valence-corrected chi connectivity index (χ0v) is 13.9. The molecule has 1 aromatic carbocycles. The molecule has 0 heterocycles. The Morgan fingerprint density at radius 3 is 2.35 bits per heavy atom. The SMILES string of the molecule is CCCCCCCCCC(O)Cc1cc(Cl)ccc1Cl. The van der Waals surface area contributed by atoms with Gasteiger partial charge in [0.25, 0.3) is 0 Å². The number of aliphatic hydroxyl groups excluding tert-OH is 1. The van der Waals surface area contributed by atoms with Crippen LogP contribution >= 0.6 is 23.2 Å². The summed E-state index contributed by atoms with van der Waals surface area (Å²) in [6.07, 6.45) is 10.0. The van der Waals surface area contributed by atoms with E-state index in [1.165, 1.54) is 38.5 Å². The normalized spacial score (nSPS) is 12.6. The Hall–Kier alpha value is -0.240. The summed E-state index contributed by atoms with van der Waals surface area (Å²) in [5, 5.41) is 11.4. The van der Waals surface area contributed by atoms with E-state index in [1.807, 2.05) is 6.07 Å². The molecule has 1 N–H and O–H groups in total. The highest BCUT2D eigenvalue weighted by Crippen LogP contribution is 2.23. The van der Waals surface area contributed by atoms with E-state index in [4.69, 9.17) is 23.2 Å². The molecule has 1 nitrogen and oxygen atoms in total. The van der Waals surface area contributed by atoms with Crippen LogP contribution in [0.3, 0.4) is 0 Å². The van der Waals surface area contributed by atoms with Gasteiger partial charge in [0.15, 0.2) is 0 Å². The van der Waals surface area contributed by atoms with Gasteiger partial charge in [-0.2, -0.15) is 0 Å². The Kier molecular flexibility index (Phi) is 9.33. The van der Waals surface area contributed by atoms with Gasteiger partial charge in [0.2, 0.25) is 0 Å². The van der Waals surface area contributed by atoms with Gasteiger partial charge < -0.3 is 5.11 Å². The molecule has 20 heavy (non-hydrogen) atoms. The van der Waals surface area contributed by atoms with Crippen LogP contribution < -0.4 is 0 Å². The Balaban J connectivity index is 2.17. The van der Waals surface area contributed by atoms with Crippen molar-refractivity contribution in [1.82, 2.24) is 0 Å². The fourth-order valence-electron chi connectivity index (χ4n) is 2.39. The summed E-state index contributed by atoms with van der Waals surface area (Å²) >= 11 is 12.1. The smallest absolute Gasteiger partial charge is 0.0581 e. The molecule has 1 rings (SSSR count). The molecule has 0 aliphatic carbocycles. The lowest BCUT2D eigenvalue weighted by atomic mass is 10.0. The van der Waals surface area contributed by atoms with Gasteiger partial charge in [-0.3, -0.25) is 0 Å². The van der Waals surface area contributed by atoms with Gasteiger partial charge >= 0.3 is 0 Å². The quantitative estimate of drug-likeness (QED) is 0.522. The molecule has 0 bridgehead atoms. The minimum absolute atomic E-state index is 0.318. The second-order valence-corrected chi connectivity index (χ2v) is 6.35. The van der Waals surface area contributed by atoms with Crippen LogP contribution in [0.4, 0.5) is 0 Å². The van der Waals surface area contributed by atoms with E-state index in [1.54, 1.807) is 12.1 Å². The first-order chi connectivity index (χ1) is 9.63. The lowest BCUT2D eigenvalue weighted by Gasteiger charge is -2.12. The third kappa shape index (κ3) is 7.52. The van der Waals surface area contributed by atoms with Crippen molar-refractivity contribution in [1.29, 1.82) is 0 Å². The molecule has 0 saturated heterocycles. The lowest BCUT2D eigenvalue weighted by molar-refractivity contribution is 0.161. The summed E-state index contributed by atoms with van der Waals surface area (Å²) < 4.78 is 0. The van der Waals surface area contributed by atoms with Crippen molar-refractivity contribution in [2.75, 3.05) is 0 Å². The molecule has 114 valence electrons. The molecule has 0 radical (unpaired) electrons. The molecule has 1 unspecified atom stereocenters. The summed E-state index contributed by atoms with van der Waals surface area (Å²) in [6, 6.07) is 5.41. The Morgan fingerprint density at radius 2 is 1.65 bits per heavy atom. The van der Waals surface area contributed by atoms with Crippen LogP contribution in [0, 0.1) is 0 Å². The summed E-state index contributed by atoms with van der Waals surface area (Å²) in [6.45, 7) is 2.23. The average molecular weight is 317 g/mol. The van der Waals surface area contributed by atoms with Gasteiger partial charge in [-0.25, -0.2) is 0 Å². The lowest BCUT2D eigenvalue weighted by Crippen LogP contribution is -2.10. The molecule has 1 aromatic rings. The van der Waals surface area contributed by atoms with E-state index in [9.17, 15) is 5.11 Å². The van der Waals surface area contributed by atoms with Crippen molar-refractivity contribution in [3.8, 4) is 0 Å². The number of aliphatic hydroxyl groups is 1. The zero-order chi connectivity index (χ0) is 14.8. The van der Waals surface area contributed by atoms with Gasteiger partial charge in [-0.1, -0.05) is 75.1 Å². The number of hydrogen-bond acceptors (Lipinski definition) is 1. The van der Waals surface area contributed by atoms with Crippen molar-refractivity contribution in [2.24, 2.45) is 0 Å². The van der Waals surface area contributed by atoms with E-state index < -0.39 is 0 Å². The van der Waals surface area contributed by atoms with Crippen molar-refractivity contribution in [3.63, 3.8) is 0 Å². The summed E-state index contributed by atoms with van der Waals surface area (Å²) in [4.78, 5) is 0. The predicted octanol–water partition coefficient (Wildman–Crippen LogP) is 6.04. The molecule has 0 spiro atoms. The maximum Gasteiger partial charge on any atom is 0.0581 e. The first kappa shape index (κ1) is 17.8. The van der Waals surface area contributed by atoms with Crippen LogP contribution in [0.25, 0.3) is 0 Å². The zero-order valence-electron chi connectivity index (χ0n) is 12.4. The molecule has 1 atom stereocenters. The van der Waals surface area contributed by atoms with Crippen LogP contribution in [0.15, 0.2) is 18.2 Å². The van der Waals surface area contributed by atoms with E-state index in [-0.39, 0.29) is 6.10 Å². The highest BCUT2D eigenvalue weighted by molar-refractivity contribution is 6.33. The minimum atomic E-state index is -0.318. The Morgan fingerprint density at radius 1 is 1.00 bits per heavy atom. The summed E-state index contributed by atoms with van der Waals surface area (Å²) in [5.41, 5.74) is 0.939. The van der Waals surface area contributed by atoms with E-state index in [0.717, 1.165) is 18.4 Å². The topological polar surface area (TPSA) is 20.2 Å². The second-order valence-electron chi connectivity index (χ2n) is 5.50. The Bertz CT molecular complexity index is 379. The van der Waals surface area contributed by atoms with Gasteiger partial charge in [-0.05, 0) is 36.6 Å². The molecule has 0 aromatic heterocycles. The number of unbranched alkanes of at least 4 members (excludes halogenated alkanes) is 6. The van der Waals surface area contributed by atoms with Crippen molar-refractivity contribution in [2.45, 2.75) is 70.8 Å². The number of halogens is 2. The van der Waals surface area contributed by atoms with Crippen LogP contribution in [-0.4, -0.2) is 11.2 Å². The number of benzene rings is 1. The maximum absolute atomic E-state index is 10.1. The van der Waals surface area contributed by atoms with E-state index in [0.29, 0.717) is 16.5 Å². The standard InChI is InChI=1S/C17H26Cl2O/c1-2-3-4-5-6-7-8-9-16(20)13-14-12-15(18)10-11-17(14)19/h10-12,16,20H,2-9,13H2,1H3. The molecular formula is C17H26Cl2O. The van der Waals surface area contributed by atoms with Crippen LogP contribution in [0.2, 0.25) is 10.0 Å². The van der Waals surface area contributed by atoms with Crippen molar-refractivity contribution in [3.05, 3.63) is 33.8 Å². The fourth-order valence-corrected chi connectivity index (χ4v) is 2.78. The predicted molar refractivity (Wildman–Crippen MR) is 88.8 cm³/mol. The van der Waals surface area contributed by atoms with Gasteiger partial charge in [0.05, 0.1) is 6.10 Å². The molecule has 0 aliphatic heterocycles. The molecule has 0 fully saturated rings. The van der Waals surface area contributed by atoms with Crippen LogP contribution in [0.5, 0.6) is 0 Å². The first-order valence-corrected chi connectivity index (χ1v) is 8.51. The first-order valence-electron chi connectivity index (χ1n) is 7.75. The molecule has 0 amide bonds. The average Bonchev–Trinajstić information content (AvgIpc) is 2.42. The van der Waals surface area contributed by atoms with E-state index >= 15 is 0 Å². The molecule has 0 aliphatic rings. The number of hydrogen-bond donors (Lipinski definition) is 1. The van der Waals surface area contributed by atoms with Crippen LogP contribution in [0.1, 0.15) is 63.9 Å².